The second kappa shape index (κ2) is 7.00. The summed E-state index contributed by atoms with van der Waals surface area (Å²) >= 11 is 0. The Kier molecular flexibility index (Phi) is 4.94. The number of rotatable bonds is 5. The summed E-state index contributed by atoms with van der Waals surface area (Å²) < 4.78 is 24.3. The maximum atomic E-state index is 13.8. The number of primary amides is 1. The number of ether oxygens (including phenoxy) is 2. The molecule has 7 heteroatoms. The van der Waals surface area contributed by atoms with Gasteiger partial charge in [-0.25, -0.2) is 4.39 Å². The van der Waals surface area contributed by atoms with E-state index in [1.54, 1.807) is 11.0 Å². The Morgan fingerprint density at radius 2 is 2.04 bits per heavy atom. The third-order valence-corrected chi connectivity index (χ3v) is 5.46. The number of carbonyl (C=O) groups is 2. The number of benzene rings is 1. The highest BCUT2D eigenvalue weighted by molar-refractivity contribution is 5.94. The molecule has 3 rings (SSSR count). The molecule has 0 bridgehead atoms. The molecule has 1 heterocycles. The van der Waals surface area contributed by atoms with Crippen LogP contribution < -0.4 is 10.5 Å². The molecule has 1 saturated heterocycles. The second-order valence-corrected chi connectivity index (χ2v) is 6.81. The molecule has 0 radical (unpaired) electrons. The van der Waals surface area contributed by atoms with E-state index in [1.807, 2.05) is 0 Å². The van der Waals surface area contributed by atoms with Crippen molar-refractivity contribution in [2.45, 2.75) is 31.8 Å². The van der Waals surface area contributed by atoms with Gasteiger partial charge in [-0.15, -0.1) is 0 Å². The number of piperidine rings is 1. The lowest BCUT2D eigenvalue weighted by atomic mass is 9.60. The van der Waals surface area contributed by atoms with E-state index in [0.717, 1.165) is 25.7 Å². The van der Waals surface area contributed by atoms with Crippen molar-refractivity contribution in [1.82, 2.24) is 4.90 Å². The van der Waals surface area contributed by atoms with Crippen LogP contribution in [0.15, 0.2) is 18.2 Å². The molecule has 2 N–H and O–H groups in total. The van der Waals surface area contributed by atoms with E-state index >= 15 is 0 Å². The maximum Gasteiger partial charge on any atom is 0.253 e. The van der Waals surface area contributed by atoms with Crippen molar-refractivity contribution in [1.29, 1.82) is 0 Å². The summed E-state index contributed by atoms with van der Waals surface area (Å²) in [5.74, 6) is -1.06. The number of likely N-dealkylation sites (tertiary alicyclic amines) is 1. The van der Waals surface area contributed by atoms with Crippen molar-refractivity contribution in [3.05, 3.63) is 29.6 Å². The standard InChI is InChI=1S/C18H23FN2O4/c1-24-14-3-2-12(10-13(14)19)17(23)21-8-6-18(7-9-21)5-4-15(18)25-11-16(20)22/h2-3,10,15H,4-9,11H2,1H3,(H2,20,22). The molecule has 1 atom stereocenters. The molecule has 1 saturated carbocycles. The van der Waals surface area contributed by atoms with Gasteiger partial charge in [0, 0.05) is 24.1 Å². The van der Waals surface area contributed by atoms with Crippen LogP contribution in [-0.2, 0) is 9.53 Å². The van der Waals surface area contributed by atoms with Crippen molar-refractivity contribution in [3.63, 3.8) is 0 Å². The van der Waals surface area contributed by atoms with Gasteiger partial charge in [0.25, 0.3) is 5.91 Å². The van der Waals surface area contributed by atoms with Crippen LogP contribution in [0.25, 0.3) is 0 Å². The van der Waals surface area contributed by atoms with Gasteiger partial charge in [-0.1, -0.05) is 0 Å². The first kappa shape index (κ1) is 17.7. The van der Waals surface area contributed by atoms with Crippen LogP contribution in [0.1, 0.15) is 36.0 Å². The summed E-state index contributed by atoms with van der Waals surface area (Å²) in [5, 5.41) is 0. The van der Waals surface area contributed by atoms with E-state index in [4.69, 9.17) is 15.2 Å². The quantitative estimate of drug-likeness (QED) is 0.877. The van der Waals surface area contributed by atoms with Gasteiger partial charge < -0.3 is 20.1 Å². The van der Waals surface area contributed by atoms with Gasteiger partial charge in [0.05, 0.1) is 13.2 Å². The third kappa shape index (κ3) is 3.46. The minimum Gasteiger partial charge on any atom is -0.494 e. The highest BCUT2D eigenvalue weighted by Crippen LogP contribution is 2.50. The lowest BCUT2D eigenvalue weighted by Gasteiger charge is -2.53. The van der Waals surface area contributed by atoms with Crippen molar-refractivity contribution in [2.75, 3.05) is 26.8 Å². The van der Waals surface area contributed by atoms with Gasteiger partial charge in [0.2, 0.25) is 5.91 Å². The predicted octanol–water partition coefficient (Wildman–Crippen LogP) is 1.72. The normalized spacial score (nSPS) is 21.7. The Morgan fingerprint density at radius 3 is 2.56 bits per heavy atom. The Balaban J connectivity index is 1.59. The van der Waals surface area contributed by atoms with Crippen LogP contribution in [0.2, 0.25) is 0 Å². The van der Waals surface area contributed by atoms with Crippen LogP contribution in [0.5, 0.6) is 5.75 Å². The summed E-state index contributed by atoms with van der Waals surface area (Å²) in [6.07, 6.45) is 3.64. The first-order chi connectivity index (χ1) is 11.9. The molecule has 136 valence electrons. The molecular weight excluding hydrogens is 327 g/mol. The minimum atomic E-state index is -0.541. The maximum absolute atomic E-state index is 13.8. The van der Waals surface area contributed by atoms with E-state index in [-0.39, 0.29) is 29.8 Å². The van der Waals surface area contributed by atoms with Crippen molar-refractivity contribution < 1.29 is 23.5 Å². The molecular formula is C18H23FN2O4. The molecule has 2 fully saturated rings. The Hall–Kier alpha value is -2.15. The van der Waals surface area contributed by atoms with Gasteiger partial charge in [-0.05, 0) is 43.9 Å². The number of hydrogen-bond acceptors (Lipinski definition) is 4. The van der Waals surface area contributed by atoms with Crippen molar-refractivity contribution in [3.8, 4) is 5.75 Å². The monoisotopic (exact) mass is 350 g/mol. The van der Waals surface area contributed by atoms with Gasteiger partial charge in [0.15, 0.2) is 11.6 Å². The Labute approximate surface area is 146 Å². The summed E-state index contributed by atoms with van der Waals surface area (Å²) in [5.41, 5.74) is 5.50. The molecule has 1 spiro atoms. The van der Waals surface area contributed by atoms with E-state index in [0.29, 0.717) is 18.7 Å². The summed E-state index contributed by atoms with van der Waals surface area (Å²) in [6, 6.07) is 4.26. The van der Waals surface area contributed by atoms with Gasteiger partial charge in [-0.3, -0.25) is 9.59 Å². The van der Waals surface area contributed by atoms with Gasteiger partial charge in [-0.2, -0.15) is 0 Å². The molecule has 2 aliphatic rings. The molecule has 1 aromatic carbocycles. The molecule has 1 aromatic rings. The Morgan fingerprint density at radius 1 is 1.32 bits per heavy atom. The lowest BCUT2D eigenvalue weighted by Crippen LogP contribution is -2.54. The van der Waals surface area contributed by atoms with Crippen LogP contribution in [0, 0.1) is 11.2 Å². The molecule has 2 amide bonds. The lowest BCUT2D eigenvalue weighted by molar-refractivity contribution is -0.148. The van der Waals surface area contributed by atoms with Gasteiger partial charge >= 0.3 is 0 Å². The van der Waals surface area contributed by atoms with Gasteiger partial charge in [0.1, 0.15) is 6.61 Å². The number of nitrogens with two attached hydrogens (primary N) is 1. The number of methoxy groups -OCH3 is 1. The topological polar surface area (TPSA) is 81.9 Å². The molecule has 1 unspecified atom stereocenters. The average Bonchev–Trinajstić information content (AvgIpc) is 2.60. The third-order valence-electron chi connectivity index (χ3n) is 5.46. The molecule has 1 aliphatic heterocycles. The number of nitrogens with zero attached hydrogens (tertiary/aromatic N) is 1. The summed E-state index contributed by atoms with van der Waals surface area (Å²) in [4.78, 5) is 25.2. The smallest absolute Gasteiger partial charge is 0.253 e. The molecule has 0 aromatic heterocycles. The zero-order valence-electron chi connectivity index (χ0n) is 14.3. The van der Waals surface area contributed by atoms with Crippen LogP contribution in [0.3, 0.4) is 0 Å². The zero-order chi connectivity index (χ0) is 18.0. The van der Waals surface area contributed by atoms with E-state index in [2.05, 4.69) is 0 Å². The first-order valence-electron chi connectivity index (χ1n) is 8.48. The second-order valence-electron chi connectivity index (χ2n) is 6.81. The SMILES string of the molecule is COc1ccc(C(=O)N2CCC3(CCC3OCC(N)=O)CC2)cc1F. The van der Waals surface area contributed by atoms with Crippen molar-refractivity contribution >= 4 is 11.8 Å². The summed E-state index contributed by atoms with van der Waals surface area (Å²) in [6.45, 7) is 1.14. The number of carbonyl (C=O) groups excluding carboxylic acids is 2. The Bertz CT molecular complexity index is 671. The zero-order valence-corrected chi connectivity index (χ0v) is 14.3. The molecule has 25 heavy (non-hydrogen) atoms. The van der Waals surface area contributed by atoms with E-state index in [1.165, 1.54) is 19.2 Å². The van der Waals surface area contributed by atoms with Crippen LogP contribution in [0.4, 0.5) is 4.39 Å². The first-order valence-corrected chi connectivity index (χ1v) is 8.48. The molecule has 6 nitrogen and oxygen atoms in total. The molecule has 1 aliphatic carbocycles. The fourth-order valence-electron chi connectivity index (χ4n) is 3.82. The summed E-state index contributed by atoms with van der Waals surface area (Å²) in [7, 11) is 1.39. The van der Waals surface area contributed by atoms with E-state index < -0.39 is 11.7 Å². The number of halogens is 1. The van der Waals surface area contributed by atoms with Crippen LogP contribution in [-0.4, -0.2) is 49.6 Å². The highest BCUT2D eigenvalue weighted by Gasteiger charge is 2.49. The average molecular weight is 350 g/mol. The highest BCUT2D eigenvalue weighted by atomic mass is 19.1. The minimum absolute atomic E-state index is 0.0377. The fraction of sp³-hybridized carbons (Fsp3) is 0.556. The number of hydrogen-bond donors (Lipinski definition) is 1. The largest absolute Gasteiger partial charge is 0.494 e. The van der Waals surface area contributed by atoms with Crippen molar-refractivity contribution in [2.24, 2.45) is 11.1 Å². The van der Waals surface area contributed by atoms with Crippen LogP contribution >= 0.6 is 0 Å². The fourth-order valence-corrected chi connectivity index (χ4v) is 3.82. The number of amides is 2. The predicted molar refractivity (Wildman–Crippen MR) is 88.7 cm³/mol. The van der Waals surface area contributed by atoms with E-state index in [9.17, 15) is 14.0 Å².